The summed E-state index contributed by atoms with van der Waals surface area (Å²) < 4.78 is 0. The fourth-order valence-electron chi connectivity index (χ4n) is 2.04. The van der Waals surface area contributed by atoms with Crippen molar-refractivity contribution in [2.45, 2.75) is 39.7 Å². The molecule has 1 unspecified atom stereocenters. The van der Waals surface area contributed by atoms with Crippen molar-refractivity contribution in [1.82, 2.24) is 10.3 Å². The maximum atomic E-state index is 4.73. The lowest BCUT2D eigenvalue weighted by atomic mass is 10.0. The Morgan fingerprint density at radius 2 is 1.84 bits per heavy atom. The Labute approximate surface area is 119 Å². The molecular formula is C16H22N2S. The summed E-state index contributed by atoms with van der Waals surface area (Å²) >= 11 is 1.72. The Balaban J connectivity index is 2.18. The Bertz CT molecular complexity index is 514. The van der Waals surface area contributed by atoms with Gasteiger partial charge in [0.05, 0.1) is 5.69 Å². The quantitative estimate of drug-likeness (QED) is 0.861. The van der Waals surface area contributed by atoms with Crippen LogP contribution < -0.4 is 5.32 Å². The molecule has 0 radical (unpaired) electrons. The molecular weight excluding hydrogens is 252 g/mol. The summed E-state index contributed by atoms with van der Waals surface area (Å²) in [5.41, 5.74) is 3.72. The summed E-state index contributed by atoms with van der Waals surface area (Å²) in [6.45, 7) is 9.68. The van der Waals surface area contributed by atoms with Gasteiger partial charge in [-0.15, -0.1) is 11.3 Å². The Kier molecular flexibility index (Phi) is 4.72. The van der Waals surface area contributed by atoms with Gasteiger partial charge in [0.15, 0.2) is 0 Å². The molecule has 2 rings (SSSR count). The predicted molar refractivity (Wildman–Crippen MR) is 83.7 cm³/mol. The molecule has 1 N–H and O–H groups in total. The summed E-state index contributed by atoms with van der Waals surface area (Å²) in [6, 6.07) is 9.08. The van der Waals surface area contributed by atoms with Gasteiger partial charge in [-0.1, -0.05) is 45.0 Å². The van der Waals surface area contributed by atoms with E-state index < -0.39 is 0 Å². The van der Waals surface area contributed by atoms with Gasteiger partial charge in [0.2, 0.25) is 0 Å². The first-order chi connectivity index (χ1) is 9.11. The minimum absolute atomic E-state index is 0.324. The van der Waals surface area contributed by atoms with Gasteiger partial charge in [0.25, 0.3) is 0 Å². The van der Waals surface area contributed by atoms with Gasteiger partial charge in [0.1, 0.15) is 5.01 Å². The van der Waals surface area contributed by atoms with Crippen LogP contribution in [0.25, 0.3) is 10.6 Å². The second kappa shape index (κ2) is 6.31. The SMILES string of the molecule is CCNC(C)c1csc(-c2ccc(C(C)C)cc2)n1. The summed E-state index contributed by atoms with van der Waals surface area (Å²) in [7, 11) is 0. The smallest absolute Gasteiger partial charge is 0.123 e. The van der Waals surface area contributed by atoms with Gasteiger partial charge in [-0.05, 0) is 24.9 Å². The second-order valence-corrected chi connectivity index (χ2v) is 5.99. The van der Waals surface area contributed by atoms with Crippen LogP contribution in [0.3, 0.4) is 0 Å². The maximum absolute atomic E-state index is 4.73. The van der Waals surface area contributed by atoms with E-state index in [0.29, 0.717) is 12.0 Å². The normalized spacial score (nSPS) is 12.9. The highest BCUT2D eigenvalue weighted by atomic mass is 32.1. The van der Waals surface area contributed by atoms with Gasteiger partial charge >= 0.3 is 0 Å². The number of rotatable bonds is 5. The predicted octanol–water partition coefficient (Wildman–Crippen LogP) is 4.60. The molecule has 0 aliphatic rings. The van der Waals surface area contributed by atoms with E-state index in [9.17, 15) is 0 Å². The van der Waals surface area contributed by atoms with Crippen LogP contribution in [-0.2, 0) is 0 Å². The molecule has 1 heterocycles. The van der Waals surface area contributed by atoms with Crippen molar-refractivity contribution >= 4 is 11.3 Å². The molecule has 3 heteroatoms. The van der Waals surface area contributed by atoms with E-state index in [4.69, 9.17) is 4.98 Å². The average Bonchev–Trinajstić information content (AvgIpc) is 2.89. The third-order valence-electron chi connectivity index (χ3n) is 3.30. The number of nitrogens with zero attached hydrogens (tertiary/aromatic N) is 1. The van der Waals surface area contributed by atoms with E-state index in [0.717, 1.165) is 17.2 Å². The van der Waals surface area contributed by atoms with Crippen molar-refractivity contribution in [2.24, 2.45) is 0 Å². The molecule has 1 aromatic carbocycles. The lowest BCUT2D eigenvalue weighted by molar-refractivity contribution is 0.587. The molecule has 19 heavy (non-hydrogen) atoms. The molecule has 0 aliphatic carbocycles. The Morgan fingerprint density at radius 1 is 1.16 bits per heavy atom. The summed E-state index contributed by atoms with van der Waals surface area (Å²) in [5, 5.41) is 6.65. The average molecular weight is 274 g/mol. The van der Waals surface area contributed by atoms with Crippen LogP contribution in [0.1, 0.15) is 50.9 Å². The summed E-state index contributed by atoms with van der Waals surface area (Å²) in [4.78, 5) is 4.73. The monoisotopic (exact) mass is 274 g/mol. The molecule has 0 saturated carbocycles. The molecule has 1 aromatic heterocycles. The van der Waals surface area contributed by atoms with Crippen molar-refractivity contribution in [3.63, 3.8) is 0 Å². The van der Waals surface area contributed by atoms with Crippen LogP contribution in [0.4, 0.5) is 0 Å². The van der Waals surface area contributed by atoms with Crippen molar-refractivity contribution in [3.8, 4) is 10.6 Å². The standard InChI is InChI=1S/C16H22N2S/c1-5-17-12(4)15-10-19-16(18-15)14-8-6-13(7-9-14)11(2)3/h6-12,17H,5H2,1-4H3. The molecule has 2 nitrogen and oxygen atoms in total. The van der Waals surface area contributed by atoms with Crippen LogP contribution in [0.15, 0.2) is 29.6 Å². The van der Waals surface area contributed by atoms with Crippen LogP contribution in [-0.4, -0.2) is 11.5 Å². The summed E-state index contributed by atoms with van der Waals surface area (Å²) in [5.74, 6) is 0.578. The molecule has 0 fully saturated rings. The van der Waals surface area contributed by atoms with Crippen LogP contribution >= 0.6 is 11.3 Å². The number of hydrogen-bond donors (Lipinski definition) is 1. The highest BCUT2D eigenvalue weighted by Gasteiger charge is 2.10. The van der Waals surface area contributed by atoms with Gasteiger partial charge in [-0.25, -0.2) is 4.98 Å². The zero-order valence-corrected chi connectivity index (χ0v) is 12.9. The number of hydrogen-bond acceptors (Lipinski definition) is 3. The van der Waals surface area contributed by atoms with Gasteiger partial charge in [0, 0.05) is 17.0 Å². The van der Waals surface area contributed by atoms with Crippen LogP contribution in [0.2, 0.25) is 0 Å². The van der Waals surface area contributed by atoms with Gasteiger partial charge < -0.3 is 5.32 Å². The van der Waals surface area contributed by atoms with Gasteiger partial charge in [-0.3, -0.25) is 0 Å². The topological polar surface area (TPSA) is 24.9 Å². The number of aromatic nitrogens is 1. The zero-order chi connectivity index (χ0) is 13.8. The lowest BCUT2D eigenvalue weighted by Gasteiger charge is -2.08. The first kappa shape index (κ1) is 14.2. The second-order valence-electron chi connectivity index (χ2n) is 5.13. The van der Waals surface area contributed by atoms with Gasteiger partial charge in [-0.2, -0.15) is 0 Å². The molecule has 102 valence electrons. The van der Waals surface area contributed by atoms with E-state index in [1.165, 1.54) is 11.1 Å². The fourth-order valence-corrected chi connectivity index (χ4v) is 2.96. The largest absolute Gasteiger partial charge is 0.309 e. The molecule has 0 aliphatic heterocycles. The number of nitrogens with one attached hydrogen (secondary N) is 1. The highest BCUT2D eigenvalue weighted by molar-refractivity contribution is 7.13. The van der Waals surface area contributed by atoms with Crippen molar-refractivity contribution in [3.05, 3.63) is 40.9 Å². The molecule has 2 aromatic rings. The zero-order valence-electron chi connectivity index (χ0n) is 12.1. The molecule has 0 saturated heterocycles. The summed E-state index contributed by atoms with van der Waals surface area (Å²) in [6.07, 6.45) is 0. The Morgan fingerprint density at radius 3 is 2.42 bits per heavy atom. The third-order valence-corrected chi connectivity index (χ3v) is 4.21. The highest BCUT2D eigenvalue weighted by Crippen LogP contribution is 2.27. The van der Waals surface area contributed by atoms with Crippen molar-refractivity contribution in [1.29, 1.82) is 0 Å². The van der Waals surface area contributed by atoms with Crippen molar-refractivity contribution < 1.29 is 0 Å². The first-order valence-electron chi connectivity index (χ1n) is 6.91. The fraction of sp³-hybridized carbons (Fsp3) is 0.438. The van der Waals surface area contributed by atoms with Crippen LogP contribution in [0.5, 0.6) is 0 Å². The van der Waals surface area contributed by atoms with E-state index in [1.54, 1.807) is 11.3 Å². The molecule has 1 atom stereocenters. The molecule has 0 spiro atoms. The van der Waals surface area contributed by atoms with E-state index in [1.807, 2.05) is 0 Å². The lowest BCUT2D eigenvalue weighted by Crippen LogP contribution is -2.17. The maximum Gasteiger partial charge on any atom is 0.123 e. The minimum atomic E-state index is 0.324. The van der Waals surface area contributed by atoms with E-state index in [-0.39, 0.29) is 0 Å². The minimum Gasteiger partial charge on any atom is -0.309 e. The first-order valence-corrected chi connectivity index (χ1v) is 7.79. The number of benzene rings is 1. The van der Waals surface area contributed by atoms with Crippen molar-refractivity contribution in [2.75, 3.05) is 6.54 Å². The molecule has 0 amide bonds. The van der Waals surface area contributed by atoms with E-state index in [2.05, 4.69) is 62.7 Å². The third kappa shape index (κ3) is 3.43. The van der Waals surface area contributed by atoms with E-state index >= 15 is 0 Å². The molecule has 0 bridgehead atoms. The Hall–Kier alpha value is -1.19. The number of thiazole rings is 1. The van der Waals surface area contributed by atoms with Crippen LogP contribution in [0, 0.1) is 0 Å².